The Balaban J connectivity index is 2.28. The molecule has 1 saturated heterocycles. The minimum Gasteiger partial charge on any atom is -0.317 e. The van der Waals surface area contributed by atoms with Crippen LogP contribution in [0.1, 0.15) is 30.4 Å². The van der Waals surface area contributed by atoms with E-state index in [0.29, 0.717) is 4.90 Å². The first-order valence-corrected chi connectivity index (χ1v) is 8.62. The molecule has 0 bridgehead atoms. The molecule has 0 saturated carbocycles. The molecule has 0 amide bonds. The largest absolute Gasteiger partial charge is 0.317 e. The summed E-state index contributed by atoms with van der Waals surface area (Å²) in [6.45, 7) is 5.73. The molecule has 1 aliphatic heterocycles. The van der Waals surface area contributed by atoms with Crippen LogP contribution in [0.25, 0.3) is 0 Å². The summed E-state index contributed by atoms with van der Waals surface area (Å²) in [6, 6.07) is 5.60. The third kappa shape index (κ3) is 3.40. The maximum atomic E-state index is 12.8. The van der Waals surface area contributed by atoms with Gasteiger partial charge in [-0.25, -0.2) is 8.42 Å². The Hall–Kier alpha value is -0.910. The minimum atomic E-state index is -3.39. The Labute approximate surface area is 122 Å². The summed E-state index contributed by atoms with van der Waals surface area (Å²) in [5, 5.41) is 3.32. The quantitative estimate of drug-likeness (QED) is 0.929. The van der Waals surface area contributed by atoms with Gasteiger partial charge in [0.25, 0.3) is 0 Å². The molecule has 0 aromatic heterocycles. The highest BCUT2D eigenvalue weighted by Crippen LogP contribution is 2.23. The summed E-state index contributed by atoms with van der Waals surface area (Å²) in [5.41, 5.74) is 1.97. The van der Waals surface area contributed by atoms with Gasteiger partial charge in [0.2, 0.25) is 10.0 Å². The average Bonchev–Trinajstić information content (AvgIpc) is 2.65. The first-order valence-electron chi connectivity index (χ1n) is 7.18. The van der Waals surface area contributed by atoms with Gasteiger partial charge in [-0.2, -0.15) is 4.31 Å². The van der Waals surface area contributed by atoms with Gasteiger partial charge in [0, 0.05) is 13.1 Å². The van der Waals surface area contributed by atoms with Gasteiger partial charge in [0.15, 0.2) is 0 Å². The molecule has 1 fully saturated rings. The zero-order valence-electron chi connectivity index (χ0n) is 12.5. The topological polar surface area (TPSA) is 49.4 Å². The number of benzene rings is 1. The molecule has 2 rings (SSSR count). The maximum absolute atomic E-state index is 12.8. The second kappa shape index (κ2) is 6.24. The Morgan fingerprint density at radius 3 is 2.40 bits per heavy atom. The normalized spacial score (nSPS) is 20.9. The number of hydrogen-bond acceptors (Lipinski definition) is 3. The minimum absolute atomic E-state index is 0.0934. The lowest BCUT2D eigenvalue weighted by Crippen LogP contribution is -2.37. The van der Waals surface area contributed by atoms with Gasteiger partial charge in [-0.3, -0.25) is 0 Å². The van der Waals surface area contributed by atoms with Gasteiger partial charge in [-0.15, -0.1) is 0 Å². The van der Waals surface area contributed by atoms with Gasteiger partial charge in [-0.05, 0) is 69.5 Å². The molecule has 20 heavy (non-hydrogen) atoms. The Kier molecular flexibility index (Phi) is 4.83. The van der Waals surface area contributed by atoms with Crippen LogP contribution < -0.4 is 5.32 Å². The van der Waals surface area contributed by atoms with Crippen molar-refractivity contribution in [1.29, 1.82) is 0 Å². The van der Waals surface area contributed by atoms with Gasteiger partial charge in [0.1, 0.15) is 0 Å². The highest BCUT2D eigenvalue weighted by Gasteiger charge is 2.28. The van der Waals surface area contributed by atoms with Crippen LogP contribution in [0.15, 0.2) is 23.1 Å². The Morgan fingerprint density at radius 2 is 1.75 bits per heavy atom. The van der Waals surface area contributed by atoms with Crippen LogP contribution in [0.2, 0.25) is 0 Å². The van der Waals surface area contributed by atoms with Crippen LogP contribution in [0, 0.1) is 13.8 Å². The summed E-state index contributed by atoms with van der Waals surface area (Å²) in [4.78, 5) is 0.412. The lowest BCUT2D eigenvalue weighted by atomic mass is 10.1. The first kappa shape index (κ1) is 15.5. The highest BCUT2D eigenvalue weighted by molar-refractivity contribution is 7.89. The number of aryl methyl sites for hydroxylation is 2. The summed E-state index contributed by atoms with van der Waals surface area (Å²) in [6.07, 6.45) is 2.82. The Morgan fingerprint density at radius 1 is 1.10 bits per heavy atom. The van der Waals surface area contributed by atoms with Crippen molar-refractivity contribution in [2.75, 3.05) is 20.1 Å². The molecule has 5 heteroatoms. The summed E-state index contributed by atoms with van der Waals surface area (Å²) < 4.78 is 27.1. The monoisotopic (exact) mass is 296 g/mol. The van der Waals surface area contributed by atoms with E-state index in [2.05, 4.69) is 5.32 Å². The maximum Gasteiger partial charge on any atom is 0.243 e. The molecule has 0 aliphatic carbocycles. The van der Waals surface area contributed by atoms with Crippen molar-refractivity contribution in [3.05, 3.63) is 29.3 Å². The molecule has 0 radical (unpaired) electrons. The number of sulfonamides is 1. The summed E-state index contributed by atoms with van der Waals surface area (Å²) in [7, 11) is -1.68. The predicted octanol–water partition coefficient (Wildman–Crippen LogP) is 2.07. The van der Waals surface area contributed by atoms with E-state index >= 15 is 0 Å². The summed E-state index contributed by atoms with van der Waals surface area (Å²) in [5.74, 6) is 0. The molecule has 1 aliphatic rings. The van der Waals surface area contributed by atoms with Crippen molar-refractivity contribution in [2.24, 2.45) is 0 Å². The molecule has 1 unspecified atom stereocenters. The second-order valence-corrected chi connectivity index (χ2v) is 7.68. The molecule has 1 aromatic carbocycles. The lowest BCUT2D eigenvalue weighted by Gasteiger charge is -2.26. The van der Waals surface area contributed by atoms with Crippen molar-refractivity contribution in [3.63, 3.8) is 0 Å². The van der Waals surface area contributed by atoms with Gasteiger partial charge < -0.3 is 5.32 Å². The standard InChI is InChI=1S/C15H24N2O2S/c1-12-9-13(2)11-15(10-12)20(18,19)17(3)14-5-4-7-16-8-6-14/h9-11,14,16H,4-8H2,1-3H3. The van der Waals surface area contributed by atoms with Crippen molar-refractivity contribution < 1.29 is 8.42 Å². The zero-order valence-corrected chi connectivity index (χ0v) is 13.3. The van der Waals surface area contributed by atoms with Crippen LogP contribution in [0.4, 0.5) is 0 Å². The van der Waals surface area contributed by atoms with E-state index < -0.39 is 10.0 Å². The molecule has 1 aromatic rings. The smallest absolute Gasteiger partial charge is 0.243 e. The fourth-order valence-corrected chi connectivity index (χ4v) is 4.41. The van der Waals surface area contributed by atoms with Gasteiger partial charge in [-0.1, -0.05) is 6.07 Å². The predicted molar refractivity (Wildman–Crippen MR) is 81.4 cm³/mol. The molecule has 0 spiro atoms. The first-order chi connectivity index (χ1) is 9.41. The van der Waals surface area contributed by atoms with E-state index in [1.165, 1.54) is 0 Å². The number of hydrogen-bond donors (Lipinski definition) is 1. The fraction of sp³-hybridized carbons (Fsp3) is 0.600. The average molecular weight is 296 g/mol. The van der Waals surface area contributed by atoms with Crippen molar-refractivity contribution in [2.45, 2.75) is 44.0 Å². The van der Waals surface area contributed by atoms with Crippen LogP contribution in [0.5, 0.6) is 0 Å². The fourth-order valence-electron chi connectivity index (χ4n) is 2.81. The number of rotatable bonds is 3. The molecular weight excluding hydrogens is 272 g/mol. The number of nitrogens with zero attached hydrogens (tertiary/aromatic N) is 1. The van der Waals surface area contributed by atoms with Gasteiger partial charge in [0.05, 0.1) is 4.90 Å². The van der Waals surface area contributed by atoms with Crippen LogP contribution in [-0.4, -0.2) is 38.9 Å². The molecule has 112 valence electrons. The molecule has 1 heterocycles. The van der Waals surface area contributed by atoms with Crippen LogP contribution >= 0.6 is 0 Å². The van der Waals surface area contributed by atoms with Crippen molar-refractivity contribution in [3.8, 4) is 0 Å². The lowest BCUT2D eigenvalue weighted by molar-refractivity contribution is 0.341. The third-order valence-electron chi connectivity index (χ3n) is 3.93. The SMILES string of the molecule is Cc1cc(C)cc(S(=O)(=O)N(C)C2CCCNCC2)c1. The van der Waals surface area contributed by atoms with Crippen molar-refractivity contribution in [1.82, 2.24) is 9.62 Å². The van der Waals surface area contributed by atoms with E-state index in [4.69, 9.17) is 0 Å². The second-order valence-electron chi connectivity index (χ2n) is 5.68. The van der Waals surface area contributed by atoms with E-state index in [1.54, 1.807) is 23.5 Å². The van der Waals surface area contributed by atoms with Crippen LogP contribution in [0.3, 0.4) is 0 Å². The highest BCUT2D eigenvalue weighted by atomic mass is 32.2. The Bertz CT molecular complexity index is 541. The molecular formula is C15H24N2O2S. The zero-order chi connectivity index (χ0) is 14.8. The number of nitrogens with one attached hydrogen (secondary N) is 1. The van der Waals surface area contributed by atoms with Crippen LogP contribution in [-0.2, 0) is 10.0 Å². The molecule has 1 atom stereocenters. The third-order valence-corrected chi connectivity index (χ3v) is 5.82. The summed E-state index contributed by atoms with van der Waals surface area (Å²) >= 11 is 0. The molecule has 1 N–H and O–H groups in total. The van der Waals surface area contributed by atoms with E-state index in [0.717, 1.165) is 43.5 Å². The molecule has 4 nitrogen and oxygen atoms in total. The van der Waals surface area contributed by atoms with E-state index in [-0.39, 0.29) is 6.04 Å². The van der Waals surface area contributed by atoms with E-state index in [9.17, 15) is 8.42 Å². The van der Waals surface area contributed by atoms with Gasteiger partial charge >= 0.3 is 0 Å². The van der Waals surface area contributed by atoms with Crippen molar-refractivity contribution >= 4 is 10.0 Å². The van der Waals surface area contributed by atoms with E-state index in [1.807, 2.05) is 19.9 Å².